The van der Waals surface area contributed by atoms with Gasteiger partial charge < -0.3 is 15.3 Å². The Morgan fingerprint density at radius 3 is 1.07 bits per heavy atom. The number of rotatable bonds is 15. The van der Waals surface area contributed by atoms with E-state index in [-0.39, 0.29) is 33.5 Å². The molecule has 0 heterocycles. The Balaban J connectivity index is 2.34. The molecule has 242 valence electrons. The van der Waals surface area contributed by atoms with E-state index in [4.69, 9.17) is 13.6 Å². The Morgan fingerprint density at radius 2 is 0.818 bits per heavy atom. The van der Waals surface area contributed by atoms with Crippen molar-refractivity contribution in [3.8, 4) is 34.5 Å². The molecule has 0 aromatic heterocycles. The predicted molar refractivity (Wildman–Crippen MR) is 183 cm³/mol. The number of phenols is 3. The van der Waals surface area contributed by atoms with E-state index in [1.807, 2.05) is 0 Å². The molecule has 7 heteroatoms. The van der Waals surface area contributed by atoms with Gasteiger partial charge in [0.05, 0.1) is 0 Å². The topological polar surface area (TPSA) is 88.4 Å². The van der Waals surface area contributed by atoms with Gasteiger partial charge in [-0.05, 0) is 96.5 Å². The van der Waals surface area contributed by atoms with Crippen LogP contribution in [-0.4, -0.2) is 21.5 Å². The second-order valence-electron chi connectivity index (χ2n) is 13.7. The van der Waals surface area contributed by atoms with Gasteiger partial charge in [0.2, 0.25) is 0 Å². The lowest BCUT2D eigenvalue weighted by Crippen LogP contribution is -2.25. The van der Waals surface area contributed by atoms with E-state index in [1.165, 1.54) is 0 Å². The summed E-state index contributed by atoms with van der Waals surface area (Å²) in [5, 5.41) is 31.5. The fourth-order valence-corrected chi connectivity index (χ4v) is 7.41. The van der Waals surface area contributed by atoms with Gasteiger partial charge in [-0.2, -0.15) is 0 Å². The second-order valence-corrected chi connectivity index (χ2v) is 15.9. The van der Waals surface area contributed by atoms with Crippen molar-refractivity contribution in [2.45, 2.75) is 118 Å². The summed E-state index contributed by atoms with van der Waals surface area (Å²) >= 11 is 0. The molecule has 0 aliphatic heterocycles. The zero-order chi connectivity index (χ0) is 32.9. The zero-order valence-corrected chi connectivity index (χ0v) is 29.3. The van der Waals surface area contributed by atoms with Gasteiger partial charge in [0, 0.05) is 16.7 Å². The Bertz CT molecular complexity index is 1250. The maximum atomic E-state index is 10.5. The lowest BCUT2D eigenvalue weighted by atomic mass is 9.81. The van der Waals surface area contributed by atoms with Gasteiger partial charge in [0.1, 0.15) is 17.2 Å². The molecule has 3 N–H and O–H groups in total. The van der Waals surface area contributed by atoms with Crippen LogP contribution < -0.4 is 13.6 Å². The van der Waals surface area contributed by atoms with Crippen LogP contribution in [0.2, 0.25) is 0 Å². The van der Waals surface area contributed by atoms with Crippen LogP contribution in [0.5, 0.6) is 34.5 Å². The molecule has 3 rings (SSSR count). The van der Waals surface area contributed by atoms with E-state index in [0.29, 0.717) is 23.4 Å². The minimum absolute atomic E-state index is 0.171. The molecular formula is C37H54O6P+. The molecule has 0 bridgehead atoms. The van der Waals surface area contributed by atoms with Crippen molar-refractivity contribution in [1.82, 2.24) is 0 Å². The van der Waals surface area contributed by atoms with Gasteiger partial charge in [-0.25, -0.2) is 0 Å². The second kappa shape index (κ2) is 13.9. The smallest absolute Gasteiger partial charge is 0.508 e. The Morgan fingerprint density at radius 1 is 0.523 bits per heavy atom. The highest BCUT2D eigenvalue weighted by molar-refractivity contribution is 7.62. The number of unbranched alkanes of at least 4 members (excludes halogenated alkanes) is 1. The normalized spacial score (nSPS) is 12.7. The van der Waals surface area contributed by atoms with Crippen LogP contribution in [0.3, 0.4) is 0 Å². The van der Waals surface area contributed by atoms with Gasteiger partial charge in [0.25, 0.3) is 0 Å². The molecule has 0 atom stereocenters. The zero-order valence-electron chi connectivity index (χ0n) is 28.5. The standard InChI is InChI=1S/C37H53O6P/c1-11-15-22-44(41-32-19-16-26(38)23-29(32)35(5,6)12-2,42-33-20-17-27(39)24-30(33)36(7,8)13-3)43-34-21-18-28(40)25-31(34)37(9,10)14-4/h16-21,23-25H,11-15,22H2,1-10H3,(H2-,38,39,40)/p+1. The quantitative estimate of drug-likeness (QED) is 0.146. The van der Waals surface area contributed by atoms with Gasteiger partial charge in [-0.1, -0.05) is 75.7 Å². The van der Waals surface area contributed by atoms with Crippen molar-refractivity contribution in [1.29, 1.82) is 0 Å². The monoisotopic (exact) mass is 625 g/mol. The van der Waals surface area contributed by atoms with Crippen molar-refractivity contribution < 1.29 is 28.9 Å². The maximum Gasteiger partial charge on any atom is 0.541 e. The molecular weight excluding hydrogens is 571 g/mol. The van der Waals surface area contributed by atoms with Crippen LogP contribution in [0, 0.1) is 0 Å². The molecule has 3 aromatic carbocycles. The third-order valence-corrected chi connectivity index (χ3v) is 11.5. The van der Waals surface area contributed by atoms with Crippen molar-refractivity contribution in [2.24, 2.45) is 0 Å². The average Bonchev–Trinajstić information content (AvgIpc) is 2.98. The van der Waals surface area contributed by atoms with Crippen LogP contribution in [0.1, 0.15) is 118 Å². The molecule has 0 aliphatic rings. The SMILES string of the molecule is CCCC[P+](Oc1ccc(O)cc1C(C)(C)CC)(Oc1ccc(O)cc1C(C)(C)CC)Oc1ccc(O)cc1C(C)(C)CC. The molecule has 0 amide bonds. The summed E-state index contributed by atoms with van der Waals surface area (Å²) < 4.78 is 21.2. The van der Waals surface area contributed by atoms with Crippen LogP contribution in [-0.2, 0) is 16.2 Å². The third-order valence-electron chi connectivity index (χ3n) is 9.23. The van der Waals surface area contributed by atoms with E-state index in [2.05, 4.69) is 69.2 Å². The number of benzene rings is 3. The van der Waals surface area contributed by atoms with Crippen molar-refractivity contribution in [3.63, 3.8) is 0 Å². The largest absolute Gasteiger partial charge is 0.541 e. The molecule has 0 radical (unpaired) electrons. The lowest BCUT2D eigenvalue weighted by molar-refractivity contribution is 0.334. The molecule has 0 saturated carbocycles. The summed E-state index contributed by atoms with van der Waals surface area (Å²) in [6.45, 7) is 21.3. The van der Waals surface area contributed by atoms with Crippen LogP contribution in [0.15, 0.2) is 54.6 Å². The lowest BCUT2D eigenvalue weighted by Gasteiger charge is -2.32. The van der Waals surface area contributed by atoms with Gasteiger partial charge in [0.15, 0.2) is 23.4 Å². The number of phenolic OH excluding ortho intramolecular Hbond substituents is 3. The fraction of sp³-hybridized carbons (Fsp3) is 0.514. The van der Waals surface area contributed by atoms with Crippen molar-refractivity contribution >= 4 is 7.94 Å². The summed E-state index contributed by atoms with van der Waals surface area (Å²) in [7, 11) is -3.29. The summed E-state index contributed by atoms with van der Waals surface area (Å²) in [5.41, 5.74) is 1.72. The van der Waals surface area contributed by atoms with E-state index < -0.39 is 7.94 Å². The molecule has 3 aromatic rings. The van der Waals surface area contributed by atoms with E-state index in [9.17, 15) is 15.3 Å². The number of hydrogen-bond donors (Lipinski definition) is 3. The van der Waals surface area contributed by atoms with Gasteiger partial charge in [-0.15, -0.1) is 0 Å². The Hall–Kier alpha value is -3.11. The Kier molecular flexibility index (Phi) is 11.2. The van der Waals surface area contributed by atoms with E-state index >= 15 is 0 Å². The molecule has 6 nitrogen and oxygen atoms in total. The minimum Gasteiger partial charge on any atom is -0.508 e. The first-order chi connectivity index (χ1) is 20.5. The van der Waals surface area contributed by atoms with E-state index in [1.54, 1.807) is 54.6 Å². The number of aromatic hydroxyl groups is 3. The highest BCUT2D eigenvalue weighted by atomic mass is 31.2. The van der Waals surface area contributed by atoms with Crippen LogP contribution in [0.25, 0.3) is 0 Å². The van der Waals surface area contributed by atoms with Crippen LogP contribution in [0.4, 0.5) is 0 Å². The first-order valence-corrected chi connectivity index (χ1v) is 17.7. The van der Waals surface area contributed by atoms with Crippen LogP contribution >= 0.6 is 7.94 Å². The summed E-state index contributed by atoms with van der Waals surface area (Å²) in [5.74, 6) is 2.32. The summed E-state index contributed by atoms with van der Waals surface area (Å²) in [6, 6.07) is 15.6. The molecule has 0 fully saturated rings. The molecule has 44 heavy (non-hydrogen) atoms. The summed E-state index contributed by atoms with van der Waals surface area (Å²) in [6.07, 6.45) is 4.66. The molecule has 0 unspecified atom stereocenters. The van der Waals surface area contributed by atoms with E-state index in [0.717, 1.165) is 48.8 Å². The predicted octanol–water partition coefficient (Wildman–Crippen LogP) is 11.0. The fourth-order valence-electron chi connectivity index (χ4n) is 4.94. The van der Waals surface area contributed by atoms with Crippen molar-refractivity contribution in [3.05, 3.63) is 71.3 Å². The average molecular weight is 626 g/mol. The highest BCUT2D eigenvalue weighted by Gasteiger charge is 2.52. The maximum absolute atomic E-state index is 10.5. The highest BCUT2D eigenvalue weighted by Crippen LogP contribution is 2.64. The molecule has 0 aliphatic carbocycles. The molecule has 0 spiro atoms. The first-order valence-electron chi connectivity index (χ1n) is 16.0. The first kappa shape index (κ1) is 35.4. The summed E-state index contributed by atoms with van der Waals surface area (Å²) in [4.78, 5) is 0. The third kappa shape index (κ3) is 8.13. The molecule has 0 saturated heterocycles. The number of hydrogen-bond acceptors (Lipinski definition) is 6. The van der Waals surface area contributed by atoms with Crippen molar-refractivity contribution in [2.75, 3.05) is 6.16 Å². The van der Waals surface area contributed by atoms with Gasteiger partial charge >= 0.3 is 7.94 Å². The minimum atomic E-state index is -3.29. The van der Waals surface area contributed by atoms with Gasteiger partial charge in [-0.3, -0.25) is 13.6 Å². The Labute approximate surface area is 266 Å².